The number of nitrogens with zero attached hydrogens (tertiary/aromatic N) is 4. The van der Waals surface area contributed by atoms with Crippen molar-refractivity contribution in [3.63, 3.8) is 0 Å². The number of aryl methyl sites for hydroxylation is 1. The van der Waals surface area contributed by atoms with Gasteiger partial charge in [-0.1, -0.05) is 12.1 Å². The minimum Gasteiger partial charge on any atom is -0.305 e. The molecular weight excluding hydrogens is 407 g/mol. The van der Waals surface area contributed by atoms with Gasteiger partial charge in [-0.3, -0.25) is 4.79 Å². The standard InChI is InChI=1S/C22H14F3N5O/c1-11-8-14(9-17(27-11)22(23,24)25)19-20(15-5-3-4-13(10-26)12(15)2)30-21-16(28-19)6-7-18(31)29-21/h3-9H,1-2H3,(H,29,30,31). The van der Waals surface area contributed by atoms with Gasteiger partial charge in [-0.15, -0.1) is 0 Å². The number of pyridine rings is 2. The van der Waals surface area contributed by atoms with Gasteiger partial charge < -0.3 is 4.98 Å². The molecule has 1 aromatic carbocycles. The number of hydrogen-bond donors (Lipinski definition) is 1. The van der Waals surface area contributed by atoms with Crippen LogP contribution in [0.25, 0.3) is 33.7 Å². The summed E-state index contributed by atoms with van der Waals surface area (Å²) < 4.78 is 40.1. The smallest absolute Gasteiger partial charge is 0.305 e. The lowest BCUT2D eigenvalue weighted by atomic mass is 9.97. The molecule has 154 valence electrons. The molecule has 0 spiro atoms. The molecule has 0 unspecified atom stereocenters. The Hall–Kier alpha value is -4.06. The number of alkyl halides is 3. The highest BCUT2D eigenvalue weighted by atomic mass is 19.4. The number of H-pyrrole nitrogens is 1. The average molecular weight is 421 g/mol. The van der Waals surface area contributed by atoms with Crippen LogP contribution in [0.3, 0.4) is 0 Å². The summed E-state index contributed by atoms with van der Waals surface area (Å²) in [4.78, 5) is 27.0. The molecular formula is C22H14F3N5O. The molecule has 0 amide bonds. The zero-order valence-electron chi connectivity index (χ0n) is 16.4. The van der Waals surface area contributed by atoms with Crippen LogP contribution in [0, 0.1) is 25.2 Å². The van der Waals surface area contributed by atoms with E-state index in [0.717, 1.165) is 6.07 Å². The van der Waals surface area contributed by atoms with Crippen molar-refractivity contribution in [1.82, 2.24) is 19.9 Å². The van der Waals surface area contributed by atoms with Crippen molar-refractivity contribution in [2.75, 3.05) is 0 Å². The first-order valence-corrected chi connectivity index (χ1v) is 9.15. The Bertz CT molecular complexity index is 1430. The van der Waals surface area contributed by atoms with E-state index >= 15 is 0 Å². The van der Waals surface area contributed by atoms with Crippen LogP contribution >= 0.6 is 0 Å². The van der Waals surface area contributed by atoms with Gasteiger partial charge in [-0.05, 0) is 43.7 Å². The predicted molar refractivity (Wildman–Crippen MR) is 108 cm³/mol. The van der Waals surface area contributed by atoms with Crippen molar-refractivity contribution in [1.29, 1.82) is 5.26 Å². The molecule has 4 aromatic rings. The molecule has 0 fully saturated rings. The first kappa shape index (κ1) is 20.2. The maximum atomic E-state index is 13.4. The highest BCUT2D eigenvalue weighted by molar-refractivity contribution is 5.86. The SMILES string of the molecule is Cc1cc(-c2nc3ccc(=O)[nH]c3nc2-c2cccc(C#N)c2C)cc(C(F)(F)F)n1. The van der Waals surface area contributed by atoms with E-state index in [-0.39, 0.29) is 33.9 Å². The topological polar surface area (TPSA) is 95.3 Å². The fourth-order valence-electron chi connectivity index (χ4n) is 3.32. The highest BCUT2D eigenvalue weighted by Crippen LogP contribution is 2.36. The predicted octanol–water partition coefficient (Wildman–Crippen LogP) is 4.55. The van der Waals surface area contributed by atoms with Gasteiger partial charge in [0.05, 0.1) is 23.0 Å². The molecule has 0 aliphatic heterocycles. The number of benzene rings is 1. The van der Waals surface area contributed by atoms with Gasteiger partial charge >= 0.3 is 6.18 Å². The maximum absolute atomic E-state index is 13.4. The quantitative estimate of drug-likeness (QED) is 0.512. The molecule has 0 aliphatic rings. The van der Waals surface area contributed by atoms with E-state index in [4.69, 9.17) is 0 Å². The Morgan fingerprint density at radius 3 is 2.48 bits per heavy atom. The highest BCUT2D eigenvalue weighted by Gasteiger charge is 2.33. The summed E-state index contributed by atoms with van der Waals surface area (Å²) in [7, 11) is 0. The lowest BCUT2D eigenvalue weighted by molar-refractivity contribution is -0.141. The molecule has 6 nitrogen and oxygen atoms in total. The van der Waals surface area contributed by atoms with E-state index in [1.807, 2.05) is 0 Å². The van der Waals surface area contributed by atoms with Crippen molar-refractivity contribution in [2.24, 2.45) is 0 Å². The first-order chi connectivity index (χ1) is 14.7. The number of nitrogens with one attached hydrogen (secondary N) is 1. The molecule has 1 N–H and O–H groups in total. The maximum Gasteiger partial charge on any atom is 0.433 e. The molecule has 9 heteroatoms. The third-order valence-electron chi connectivity index (χ3n) is 4.78. The van der Waals surface area contributed by atoms with Gasteiger partial charge in [-0.25, -0.2) is 15.0 Å². The van der Waals surface area contributed by atoms with Gasteiger partial charge in [0.15, 0.2) is 5.65 Å². The molecule has 3 heterocycles. The van der Waals surface area contributed by atoms with Crippen LogP contribution in [0.5, 0.6) is 0 Å². The number of aromatic nitrogens is 4. The van der Waals surface area contributed by atoms with Crippen molar-refractivity contribution < 1.29 is 13.2 Å². The average Bonchev–Trinajstić information content (AvgIpc) is 2.72. The van der Waals surface area contributed by atoms with E-state index in [0.29, 0.717) is 22.2 Å². The fraction of sp³-hybridized carbons (Fsp3) is 0.136. The van der Waals surface area contributed by atoms with Gasteiger partial charge in [0.1, 0.15) is 11.2 Å². The van der Waals surface area contributed by atoms with Crippen molar-refractivity contribution in [3.05, 3.63) is 75.3 Å². The van der Waals surface area contributed by atoms with Crippen LogP contribution in [0.2, 0.25) is 0 Å². The van der Waals surface area contributed by atoms with E-state index in [2.05, 4.69) is 26.0 Å². The summed E-state index contributed by atoms with van der Waals surface area (Å²) in [5.41, 5.74) is 1.38. The largest absolute Gasteiger partial charge is 0.433 e. The summed E-state index contributed by atoms with van der Waals surface area (Å²) in [5.74, 6) is 0. The molecule has 31 heavy (non-hydrogen) atoms. The Kier molecular flexibility index (Phi) is 4.78. The molecule has 0 bridgehead atoms. The first-order valence-electron chi connectivity index (χ1n) is 9.15. The molecule has 3 aromatic heterocycles. The minimum atomic E-state index is -4.63. The van der Waals surface area contributed by atoms with Crippen LogP contribution in [0.15, 0.2) is 47.3 Å². The number of fused-ring (bicyclic) bond motifs is 1. The summed E-state index contributed by atoms with van der Waals surface area (Å²) in [5, 5.41) is 9.38. The summed E-state index contributed by atoms with van der Waals surface area (Å²) in [6.07, 6.45) is -4.63. The van der Waals surface area contributed by atoms with Gasteiger partial charge in [0, 0.05) is 22.9 Å². The van der Waals surface area contributed by atoms with Crippen molar-refractivity contribution in [2.45, 2.75) is 20.0 Å². The normalized spacial score (nSPS) is 11.5. The second-order valence-electron chi connectivity index (χ2n) is 6.95. The molecule has 0 atom stereocenters. The number of aromatic amines is 1. The number of rotatable bonds is 2. The summed E-state index contributed by atoms with van der Waals surface area (Å²) in [6.45, 7) is 3.18. The lowest BCUT2D eigenvalue weighted by Gasteiger charge is -2.14. The number of hydrogen-bond acceptors (Lipinski definition) is 5. The third-order valence-corrected chi connectivity index (χ3v) is 4.78. The Morgan fingerprint density at radius 1 is 1.00 bits per heavy atom. The zero-order valence-corrected chi connectivity index (χ0v) is 16.4. The van der Waals surface area contributed by atoms with Crippen molar-refractivity contribution >= 4 is 11.2 Å². The zero-order chi connectivity index (χ0) is 22.3. The minimum absolute atomic E-state index is 0.168. The van der Waals surface area contributed by atoms with Gasteiger partial charge in [-0.2, -0.15) is 18.4 Å². The van der Waals surface area contributed by atoms with Crippen LogP contribution in [-0.4, -0.2) is 19.9 Å². The Balaban J connectivity index is 2.10. The van der Waals surface area contributed by atoms with E-state index < -0.39 is 11.9 Å². The number of nitriles is 1. The monoisotopic (exact) mass is 421 g/mol. The van der Waals surface area contributed by atoms with Crippen molar-refractivity contribution in [3.8, 4) is 28.6 Å². The molecule has 0 radical (unpaired) electrons. The second kappa shape index (κ2) is 7.32. The molecule has 0 saturated heterocycles. The Morgan fingerprint density at radius 2 is 1.77 bits per heavy atom. The summed E-state index contributed by atoms with van der Waals surface area (Å²) in [6, 6.07) is 12.2. The molecule has 0 saturated carbocycles. The van der Waals surface area contributed by atoms with E-state index in [9.17, 15) is 23.2 Å². The van der Waals surface area contributed by atoms with Gasteiger partial charge in [0.2, 0.25) is 5.56 Å². The number of halogens is 3. The van der Waals surface area contributed by atoms with Crippen LogP contribution in [-0.2, 0) is 6.18 Å². The van der Waals surface area contributed by atoms with Crippen LogP contribution in [0.4, 0.5) is 13.2 Å². The van der Waals surface area contributed by atoms with Crippen LogP contribution in [0.1, 0.15) is 22.5 Å². The second-order valence-corrected chi connectivity index (χ2v) is 6.95. The fourth-order valence-corrected chi connectivity index (χ4v) is 3.32. The van der Waals surface area contributed by atoms with E-state index in [1.165, 1.54) is 25.1 Å². The third kappa shape index (κ3) is 3.75. The van der Waals surface area contributed by atoms with Crippen LogP contribution < -0.4 is 5.56 Å². The molecule has 4 rings (SSSR count). The molecule has 0 aliphatic carbocycles. The van der Waals surface area contributed by atoms with Gasteiger partial charge in [0.25, 0.3) is 0 Å². The van der Waals surface area contributed by atoms with E-state index in [1.54, 1.807) is 25.1 Å². The lowest BCUT2D eigenvalue weighted by Crippen LogP contribution is -2.10. The summed E-state index contributed by atoms with van der Waals surface area (Å²) >= 11 is 0. The Labute approximate surface area is 174 Å².